The molecule has 1 fully saturated rings. The van der Waals surface area contributed by atoms with E-state index in [4.69, 9.17) is 13.6 Å². The van der Waals surface area contributed by atoms with Gasteiger partial charge in [-0.05, 0) is 24.6 Å². The molecule has 0 radical (unpaired) electrons. The number of hydrogen-bond acceptors (Lipinski definition) is 3. The maximum absolute atomic E-state index is 5.65. The van der Waals surface area contributed by atoms with Crippen LogP contribution in [0.2, 0.25) is 0 Å². The Hall–Kier alpha value is -0.630. The van der Waals surface area contributed by atoms with E-state index in [-0.39, 0.29) is 5.41 Å². The fraction of sp³-hybridized carbons (Fsp3) is 0.500. The Morgan fingerprint density at radius 3 is 2.56 bits per heavy atom. The highest BCUT2D eigenvalue weighted by Gasteiger charge is 2.31. The summed E-state index contributed by atoms with van der Waals surface area (Å²) in [5, 5.41) is 0. The second-order valence-corrected chi connectivity index (χ2v) is 5.99. The van der Waals surface area contributed by atoms with E-state index in [0.29, 0.717) is 13.2 Å². The third-order valence-corrected chi connectivity index (χ3v) is 3.33. The van der Waals surface area contributed by atoms with Crippen LogP contribution in [0.3, 0.4) is 0 Å². The molecule has 1 aliphatic heterocycles. The van der Waals surface area contributed by atoms with Gasteiger partial charge >= 0.3 is 8.60 Å². The fourth-order valence-electron chi connectivity index (χ4n) is 1.34. The Labute approximate surface area is 97.7 Å². The first-order valence-corrected chi connectivity index (χ1v) is 6.45. The summed E-state index contributed by atoms with van der Waals surface area (Å²) in [6.45, 7) is 7.64. The Morgan fingerprint density at radius 1 is 1.25 bits per heavy atom. The van der Waals surface area contributed by atoms with Crippen LogP contribution in [-0.2, 0) is 9.05 Å². The second-order valence-electron chi connectivity index (χ2n) is 4.84. The second kappa shape index (κ2) is 4.70. The number of aryl methyl sites for hydroxylation is 1. The zero-order valence-electron chi connectivity index (χ0n) is 9.90. The van der Waals surface area contributed by atoms with E-state index in [2.05, 4.69) is 13.8 Å². The van der Waals surface area contributed by atoms with Crippen LogP contribution >= 0.6 is 8.60 Å². The monoisotopic (exact) mass is 240 g/mol. The molecule has 1 saturated heterocycles. The molecule has 0 saturated carbocycles. The van der Waals surface area contributed by atoms with Crippen molar-refractivity contribution in [2.24, 2.45) is 5.41 Å². The van der Waals surface area contributed by atoms with Crippen LogP contribution < -0.4 is 4.52 Å². The summed E-state index contributed by atoms with van der Waals surface area (Å²) in [5.74, 6) is 0.811. The lowest BCUT2D eigenvalue weighted by Crippen LogP contribution is -2.28. The predicted octanol–water partition coefficient (Wildman–Crippen LogP) is 3.67. The first-order chi connectivity index (χ1) is 7.55. The lowest BCUT2D eigenvalue weighted by Gasteiger charge is -2.32. The molecular formula is C12H17O3P. The van der Waals surface area contributed by atoms with Crippen LogP contribution in [0, 0.1) is 12.3 Å². The summed E-state index contributed by atoms with van der Waals surface area (Å²) in [6.07, 6.45) is 0. The Bertz CT molecular complexity index is 355. The van der Waals surface area contributed by atoms with Crippen LogP contribution in [0.15, 0.2) is 24.3 Å². The average Bonchev–Trinajstić information content (AvgIpc) is 2.21. The number of hydrogen-bond donors (Lipinski definition) is 0. The zero-order valence-corrected chi connectivity index (χ0v) is 10.8. The highest BCUT2D eigenvalue weighted by Crippen LogP contribution is 2.46. The third-order valence-electron chi connectivity index (χ3n) is 2.29. The number of benzene rings is 1. The van der Waals surface area contributed by atoms with E-state index in [1.165, 1.54) is 5.56 Å². The van der Waals surface area contributed by atoms with Gasteiger partial charge in [0, 0.05) is 5.41 Å². The molecule has 0 spiro atoms. The molecule has 16 heavy (non-hydrogen) atoms. The molecule has 4 heteroatoms. The maximum Gasteiger partial charge on any atom is 0.397 e. The van der Waals surface area contributed by atoms with Crippen LogP contribution in [0.25, 0.3) is 0 Å². The van der Waals surface area contributed by atoms with Crippen molar-refractivity contribution in [3.05, 3.63) is 29.8 Å². The molecule has 0 atom stereocenters. The molecule has 88 valence electrons. The van der Waals surface area contributed by atoms with Crippen molar-refractivity contribution in [2.75, 3.05) is 13.2 Å². The molecule has 0 bridgehead atoms. The number of rotatable bonds is 2. The van der Waals surface area contributed by atoms with E-state index >= 15 is 0 Å². The lowest BCUT2D eigenvalue weighted by molar-refractivity contribution is 0.0426. The van der Waals surface area contributed by atoms with Gasteiger partial charge in [-0.25, -0.2) is 0 Å². The first kappa shape index (κ1) is 11.8. The molecule has 0 amide bonds. The van der Waals surface area contributed by atoms with Gasteiger partial charge in [-0.1, -0.05) is 26.0 Å². The van der Waals surface area contributed by atoms with Gasteiger partial charge in [0.2, 0.25) is 0 Å². The van der Waals surface area contributed by atoms with Crippen molar-refractivity contribution < 1.29 is 13.6 Å². The summed E-state index contributed by atoms with van der Waals surface area (Å²) >= 11 is 0. The van der Waals surface area contributed by atoms with Crippen LogP contribution in [0.5, 0.6) is 5.75 Å². The molecule has 1 heterocycles. The van der Waals surface area contributed by atoms with Gasteiger partial charge in [0.05, 0.1) is 13.2 Å². The van der Waals surface area contributed by atoms with Crippen molar-refractivity contribution in [3.63, 3.8) is 0 Å². The normalized spacial score (nSPS) is 20.7. The zero-order chi connectivity index (χ0) is 11.6. The predicted molar refractivity (Wildman–Crippen MR) is 64.4 cm³/mol. The Morgan fingerprint density at radius 2 is 1.94 bits per heavy atom. The van der Waals surface area contributed by atoms with E-state index in [0.717, 1.165) is 5.75 Å². The maximum atomic E-state index is 5.65. The quantitative estimate of drug-likeness (QED) is 0.738. The SMILES string of the molecule is Cc1cccc(OP2OCC(C)(C)CO2)c1. The van der Waals surface area contributed by atoms with Crippen LogP contribution in [0.4, 0.5) is 0 Å². The van der Waals surface area contributed by atoms with E-state index in [1.807, 2.05) is 31.2 Å². The molecule has 1 aromatic rings. The minimum absolute atomic E-state index is 0.0921. The highest BCUT2D eigenvalue weighted by atomic mass is 31.2. The van der Waals surface area contributed by atoms with Gasteiger partial charge in [-0.3, -0.25) is 0 Å². The van der Waals surface area contributed by atoms with Crippen molar-refractivity contribution >= 4 is 8.60 Å². The lowest BCUT2D eigenvalue weighted by atomic mass is 9.97. The van der Waals surface area contributed by atoms with Gasteiger partial charge in [-0.15, -0.1) is 0 Å². The van der Waals surface area contributed by atoms with Crippen molar-refractivity contribution in [3.8, 4) is 5.75 Å². The molecule has 1 aromatic carbocycles. The molecule has 0 N–H and O–H groups in total. The van der Waals surface area contributed by atoms with Crippen molar-refractivity contribution in [1.82, 2.24) is 0 Å². The molecule has 3 nitrogen and oxygen atoms in total. The fourth-order valence-corrected chi connectivity index (χ4v) is 2.72. The summed E-state index contributed by atoms with van der Waals surface area (Å²) in [5.41, 5.74) is 1.26. The average molecular weight is 240 g/mol. The van der Waals surface area contributed by atoms with Gasteiger partial charge in [-0.2, -0.15) is 0 Å². The van der Waals surface area contributed by atoms with Gasteiger partial charge in [0.25, 0.3) is 0 Å². The van der Waals surface area contributed by atoms with Crippen molar-refractivity contribution in [2.45, 2.75) is 20.8 Å². The molecule has 1 aliphatic rings. The third kappa shape index (κ3) is 3.18. The van der Waals surface area contributed by atoms with E-state index < -0.39 is 8.60 Å². The Kier molecular flexibility index (Phi) is 3.48. The van der Waals surface area contributed by atoms with Crippen molar-refractivity contribution in [1.29, 1.82) is 0 Å². The standard InChI is InChI=1S/C12H17O3P/c1-10-5-4-6-11(7-10)15-16-13-8-12(2,3)9-14-16/h4-7H,8-9H2,1-3H3. The van der Waals surface area contributed by atoms with E-state index in [9.17, 15) is 0 Å². The molecule has 0 unspecified atom stereocenters. The minimum atomic E-state index is -1.22. The molecule has 2 rings (SSSR count). The van der Waals surface area contributed by atoms with Crippen LogP contribution in [0.1, 0.15) is 19.4 Å². The molecule has 0 aliphatic carbocycles. The summed E-state index contributed by atoms with van der Waals surface area (Å²) in [7, 11) is -1.22. The minimum Gasteiger partial charge on any atom is -0.427 e. The van der Waals surface area contributed by atoms with Gasteiger partial charge in [0.1, 0.15) is 5.75 Å². The first-order valence-electron chi connectivity index (χ1n) is 5.36. The Balaban J connectivity index is 1.92. The molecule has 0 aromatic heterocycles. The topological polar surface area (TPSA) is 27.7 Å². The molecular weight excluding hydrogens is 223 g/mol. The summed E-state index contributed by atoms with van der Waals surface area (Å²) in [6, 6.07) is 7.90. The van der Waals surface area contributed by atoms with Gasteiger partial charge < -0.3 is 13.6 Å². The summed E-state index contributed by atoms with van der Waals surface area (Å²) in [4.78, 5) is 0. The van der Waals surface area contributed by atoms with Gasteiger partial charge in [0.15, 0.2) is 0 Å². The largest absolute Gasteiger partial charge is 0.427 e. The van der Waals surface area contributed by atoms with Crippen LogP contribution in [-0.4, -0.2) is 13.2 Å². The summed E-state index contributed by atoms with van der Waals surface area (Å²) < 4.78 is 16.8. The highest BCUT2D eigenvalue weighted by molar-refractivity contribution is 7.42. The smallest absolute Gasteiger partial charge is 0.397 e. The van der Waals surface area contributed by atoms with E-state index in [1.54, 1.807) is 0 Å².